The van der Waals surface area contributed by atoms with Crippen LogP contribution in [0.3, 0.4) is 0 Å². The molecule has 0 aromatic heterocycles. The summed E-state index contributed by atoms with van der Waals surface area (Å²) in [4.78, 5) is 0. The molecule has 2 aromatic carbocycles. The molecule has 2 nitrogen and oxygen atoms in total. The SMILES string of the molecule is [AsH3].c1ccc2c(c1)Nc1ccccc1O2. The van der Waals surface area contributed by atoms with Crippen LogP contribution in [0.1, 0.15) is 0 Å². The fourth-order valence-electron chi connectivity index (χ4n) is 1.58. The minimum Gasteiger partial charge on any atom is -0.453 e. The summed E-state index contributed by atoms with van der Waals surface area (Å²) in [6.45, 7) is 0. The third-order valence-corrected chi connectivity index (χ3v) is 2.26. The second-order valence-corrected chi connectivity index (χ2v) is 3.22. The number of para-hydroxylation sites is 4. The number of nitrogens with one attached hydrogen (secondary N) is 1. The van der Waals surface area contributed by atoms with Gasteiger partial charge in [0.1, 0.15) is 0 Å². The molecule has 3 heteroatoms. The Morgan fingerprint density at radius 1 is 0.733 bits per heavy atom. The van der Waals surface area contributed by atoms with E-state index in [2.05, 4.69) is 5.32 Å². The Bertz CT molecular complexity index is 397. The molecule has 0 amide bonds. The Kier molecular flexibility index (Phi) is 2.70. The third-order valence-electron chi connectivity index (χ3n) is 2.26. The van der Waals surface area contributed by atoms with Crippen molar-refractivity contribution in [2.75, 3.05) is 5.32 Å². The Hall–Kier alpha value is -1.40. The van der Waals surface area contributed by atoms with Gasteiger partial charge in [-0.05, 0) is 24.3 Å². The van der Waals surface area contributed by atoms with E-state index in [1.54, 1.807) is 0 Å². The van der Waals surface area contributed by atoms with E-state index in [0.717, 1.165) is 22.9 Å². The largest absolute Gasteiger partial charge is 0.453 e. The summed E-state index contributed by atoms with van der Waals surface area (Å²) >= 11 is 0. The van der Waals surface area contributed by atoms with Crippen LogP contribution in [0.2, 0.25) is 0 Å². The molecule has 76 valence electrons. The first-order valence-corrected chi connectivity index (χ1v) is 4.56. The molecule has 1 heterocycles. The van der Waals surface area contributed by atoms with E-state index in [4.69, 9.17) is 4.74 Å². The normalized spacial score (nSPS) is 11.2. The van der Waals surface area contributed by atoms with Crippen molar-refractivity contribution in [3.63, 3.8) is 0 Å². The molecule has 15 heavy (non-hydrogen) atoms. The molecule has 1 aliphatic rings. The van der Waals surface area contributed by atoms with Gasteiger partial charge in [-0.15, -0.1) is 0 Å². The average molecular weight is 261 g/mol. The van der Waals surface area contributed by atoms with Gasteiger partial charge in [0.2, 0.25) is 0 Å². The quantitative estimate of drug-likeness (QED) is 0.627. The molecule has 0 saturated heterocycles. The minimum absolute atomic E-state index is 0. The Morgan fingerprint density at radius 2 is 1.20 bits per heavy atom. The van der Waals surface area contributed by atoms with Crippen molar-refractivity contribution in [1.82, 2.24) is 0 Å². The zero-order chi connectivity index (χ0) is 9.38. The molecule has 1 N–H and O–H groups in total. The summed E-state index contributed by atoms with van der Waals surface area (Å²) in [5, 5.41) is 3.32. The Balaban J connectivity index is 0.000000853. The molecule has 1 unspecified atom stereocenters. The molecule has 0 saturated carbocycles. The second kappa shape index (κ2) is 3.99. The molecule has 0 bridgehead atoms. The van der Waals surface area contributed by atoms with Crippen molar-refractivity contribution in [3.05, 3.63) is 48.5 Å². The zero-order valence-electron chi connectivity index (χ0n) is 8.23. The topological polar surface area (TPSA) is 21.3 Å². The maximum absolute atomic E-state index is 5.71. The van der Waals surface area contributed by atoms with E-state index in [1.807, 2.05) is 48.5 Å². The van der Waals surface area contributed by atoms with Gasteiger partial charge in [-0.25, -0.2) is 0 Å². The Labute approximate surface area is 99.6 Å². The van der Waals surface area contributed by atoms with Gasteiger partial charge in [-0.1, -0.05) is 24.3 Å². The zero-order valence-corrected chi connectivity index (χ0v) is 11.2. The number of fused-ring (bicyclic) bond motifs is 2. The van der Waals surface area contributed by atoms with Crippen LogP contribution in [-0.4, -0.2) is 18.0 Å². The van der Waals surface area contributed by atoms with Crippen molar-refractivity contribution in [1.29, 1.82) is 0 Å². The molecule has 1 atom stereocenters. The van der Waals surface area contributed by atoms with Crippen LogP contribution >= 0.6 is 0 Å². The molecule has 0 radical (unpaired) electrons. The standard InChI is InChI=1S/C12H9NO.AsH3/c1-3-7-11-9(5-1)13-10-6-2-4-8-12(10)14-11;/h1-8,13H;1H3. The second-order valence-electron chi connectivity index (χ2n) is 3.22. The number of rotatable bonds is 0. The van der Waals surface area contributed by atoms with Crippen molar-refractivity contribution >= 4 is 29.3 Å². The Morgan fingerprint density at radius 3 is 1.73 bits per heavy atom. The molecule has 0 aliphatic carbocycles. The molecule has 1 aliphatic heterocycles. The van der Waals surface area contributed by atoms with Crippen LogP contribution in [0.4, 0.5) is 11.4 Å². The minimum atomic E-state index is 0. The first-order chi connectivity index (χ1) is 6.93. The van der Waals surface area contributed by atoms with Gasteiger partial charge in [0.25, 0.3) is 0 Å². The van der Waals surface area contributed by atoms with Crippen LogP contribution in [0, 0.1) is 0 Å². The van der Waals surface area contributed by atoms with Crippen molar-refractivity contribution < 1.29 is 4.74 Å². The number of ether oxygens (including phenoxy) is 1. The van der Waals surface area contributed by atoms with Crippen molar-refractivity contribution in [2.45, 2.75) is 0 Å². The summed E-state index contributed by atoms with van der Waals surface area (Å²) in [5.74, 6) is 1.76. The first kappa shape index (κ1) is 10.1. The van der Waals surface area contributed by atoms with Crippen molar-refractivity contribution in [3.8, 4) is 11.5 Å². The maximum Gasteiger partial charge on any atom is 0.150 e. The van der Waals surface area contributed by atoms with Crippen LogP contribution in [0.25, 0.3) is 0 Å². The van der Waals surface area contributed by atoms with E-state index in [-0.39, 0.29) is 18.0 Å². The van der Waals surface area contributed by atoms with Gasteiger partial charge in [0.05, 0.1) is 11.4 Å². The molecular formula is C12H12AsNO. The summed E-state index contributed by atoms with van der Waals surface area (Å²) in [6, 6.07) is 15.8. The fourth-order valence-corrected chi connectivity index (χ4v) is 1.58. The van der Waals surface area contributed by atoms with Gasteiger partial charge >= 0.3 is 18.0 Å². The predicted octanol–water partition coefficient (Wildman–Crippen LogP) is 2.35. The molecule has 0 fully saturated rings. The van der Waals surface area contributed by atoms with E-state index in [0.29, 0.717) is 0 Å². The van der Waals surface area contributed by atoms with E-state index >= 15 is 0 Å². The van der Waals surface area contributed by atoms with Gasteiger partial charge in [0.15, 0.2) is 11.5 Å². The molecule has 2 aromatic rings. The number of anilines is 2. The van der Waals surface area contributed by atoms with Gasteiger partial charge < -0.3 is 10.1 Å². The van der Waals surface area contributed by atoms with Crippen LogP contribution in [-0.2, 0) is 0 Å². The van der Waals surface area contributed by atoms with Crippen LogP contribution < -0.4 is 10.1 Å². The van der Waals surface area contributed by atoms with Crippen LogP contribution in [0.5, 0.6) is 11.5 Å². The third kappa shape index (κ3) is 1.73. The summed E-state index contributed by atoms with van der Waals surface area (Å²) in [5.41, 5.74) is 2.04. The average Bonchev–Trinajstić information content (AvgIpc) is 2.26. The summed E-state index contributed by atoms with van der Waals surface area (Å²) < 4.78 is 5.71. The number of hydrogen-bond donors (Lipinski definition) is 1. The smallest absolute Gasteiger partial charge is 0.150 e. The number of hydrogen-bond acceptors (Lipinski definition) is 2. The predicted molar refractivity (Wildman–Crippen MR) is 66.2 cm³/mol. The van der Waals surface area contributed by atoms with Gasteiger partial charge in [-0.3, -0.25) is 0 Å². The summed E-state index contributed by atoms with van der Waals surface area (Å²) in [6.07, 6.45) is 0. The van der Waals surface area contributed by atoms with E-state index < -0.39 is 0 Å². The maximum atomic E-state index is 5.71. The fraction of sp³-hybridized carbons (Fsp3) is 0. The van der Waals surface area contributed by atoms with E-state index in [1.165, 1.54) is 0 Å². The molecule has 0 spiro atoms. The van der Waals surface area contributed by atoms with Gasteiger partial charge in [-0.2, -0.15) is 0 Å². The van der Waals surface area contributed by atoms with Gasteiger partial charge in [0, 0.05) is 0 Å². The molecular weight excluding hydrogens is 249 g/mol. The summed E-state index contributed by atoms with van der Waals surface area (Å²) in [7, 11) is 0. The first-order valence-electron chi connectivity index (χ1n) is 4.56. The monoisotopic (exact) mass is 261 g/mol. The van der Waals surface area contributed by atoms with Crippen molar-refractivity contribution in [2.24, 2.45) is 0 Å². The molecule has 3 rings (SSSR count). The van der Waals surface area contributed by atoms with Crippen LogP contribution in [0.15, 0.2) is 48.5 Å². The number of benzene rings is 2. The van der Waals surface area contributed by atoms with E-state index in [9.17, 15) is 0 Å².